The van der Waals surface area contributed by atoms with Gasteiger partial charge >= 0.3 is 0 Å². The van der Waals surface area contributed by atoms with Crippen molar-refractivity contribution in [3.05, 3.63) is 0 Å². The summed E-state index contributed by atoms with van der Waals surface area (Å²) in [7, 11) is 0. The summed E-state index contributed by atoms with van der Waals surface area (Å²) in [6.07, 6.45) is 2.17. The Morgan fingerprint density at radius 3 is 2.60 bits per heavy atom. The largest absolute Gasteiger partial charge is 0.394 e. The molecule has 1 fully saturated rings. The molecule has 0 aromatic heterocycles. The van der Waals surface area contributed by atoms with Gasteiger partial charge in [-0.25, -0.2) is 0 Å². The lowest BCUT2D eigenvalue weighted by atomic mass is 10.0. The third-order valence-corrected chi connectivity index (χ3v) is 3.06. The van der Waals surface area contributed by atoms with Crippen LogP contribution in [0.2, 0.25) is 0 Å². The first kappa shape index (κ1) is 12.6. The molecule has 1 atom stereocenters. The Morgan fingerprint density at radius 1 is 1.53 bits per heavy atom. The van der Waals surface area contributed by atoms with Crippen molar-refractivity contribution in [2.45, 2.75) is 38.8 Å². The van der Waals surface area contributed by atoms with Crippen LogP contribution in [0, 0.1) is 0 Å². The Morgan fingerprint density at radius 2 is 2.13 bits per heavy atom. The van der Waals surface area contributed by atoms with Crippen molar-refractivity contribution in [3.63, 3.8) is 0 Å². The van der Waals surface area contributed by atoms with Gasteiger partial charge in [-0.2, -0.15) is 0 Å². The highest BCUT2D eigenvalue weighted by Gasteiger charge is 2.24. The molecule has 0 aliphatic carbocycles. The first-order valence-corrected chi connectivity index (χ1v) is 5.62. The van der Waals surface area contributed by atoms with Crippen molar-refractivity contribution in [1.29, 1.82) is 0 Å². The quantitative estimate of drug-likeness (QED) is 0.723. The maximum atomic E-state index is 11.2. The van der Waals surface area contributed by atoms with E-state index in [0.29, 0.717) is 6.61 Å². The molecule has 1 aliphatic rings. The number of ketones is 1. The number of carbonyl (C=O) groups excluding carboxylic acids is 1. The van der Waals surface area contributed by atoms with Gasteiger partial charge in [-0.3, -0.25) is 9.69 Å². The minimum Gasteiger partial charge on any atom is -0.394 e. The molecule has 0 radical (unpaired) electrons. The Hall–Kier alpha value is -0.450. The minimum absolute atomic E-state index is 0.0313. The van der Waals surface area contributed by atoms with Crippen LogP contribution >= 0.6 is 0 Å². The number of ether oxygens (including phenoxy) is 1. The van der Waals surface area contributed by atoms with Crippen LogP contribution in [0.15, 0.2) is 0 Å². The third-order valence-electron chi connectivity index (χ3n) is 3.06. The average Bonchev–Trinajstić information content (AvgIpc) is 2.26. The lowest BCUT2D eigenvalue weighted by molar-refractivity contribution is -0.122. The first-order valence-electron chi connectivity index (χ1n) is 5.62. The zero-order chi connectivity index (χ0) is 11.3. The zero-order valence-corrected chi connectivity index (χ0v) is 9.61. The number of piperidine rings is 1. The van der Waals surface area contributed by atoms with Crippen LogP contribution in [0.4, 0.5) is 0 Å². The van der Waals surface area contributed by atoms with Crippen LogP contribution < -0.4 is 0 Å². The molecule has 1 saturated heterocycles. The Balaban J connectivity index is 2.26. The van der Waals surface area contributed by atoms with Gasteiger partial charge < -0.3 is 9.84 Å². The molecule has 0 amide bonds. The summed E-state index contributed by atoms with van der Waals surface area (Å²) in [5, 5.41) is 8.63. The zero-order valence-electron chi connectivity index (χ0n) is 9.61. The van der Waals surface area contributed by atoms with Gasteiger partial charge in [0.25, 0.3) is 0 Å². The number of aliphatic hydroxyl groups excluding tert-OH is 1. The van der Waals surface area contributed by atoms with Gasteiger partial charge in [0.2, 0.25) is 0 Å². The van der Waals surface area contributed by atoms with Crippen molar-refractivity contribution >= 4 is 5.78 Å². The molecule has 1 N–H and O–H groups in total. The summed E-state index contributed by atoms with van der Waals surface area (Å²) < 4.78 is 5.46. The van der Waals surface area contributed by atoms with Crippen molar-refractivity contribution in [3.8, 4) is 0 Å². The predicted octanol–water partition coefficient (Wildman–Crippen LogP) is 0.437. The molecule has 4 nitrogen and oxygen atoms in total. The fourth-order valence-corrected chi connectivity index (χ4v) is 1.91. The van der Waals surface area contributed by atoms with E-state index in [1.165, 1.54) is 0 Å². The fourth-order valence-electron chi connectivity index (χ4n) is 1.91. The number of hydrogen-bond donors (Lipinski definition) is 1. The van der Waals surface area contributed by atoms with Gasteiger partial charge in [0.05, 0.1) is 25.4 Å². The molecule has 1 unspecified atom stereocenters. The normalized spacial score (nSPS) is 21.5. The number of Topliss-reactive ketones (excluding diaryl/α,β-unsaturated/α-hetero) is 1. The number of hydrogen-bond acceptors (Lipinski definition) is 4. The Bertz CT molecular complexity index is 200. The first-order chi connectivity index (χ1) is 7.15. The molecule has 1 rings (SSSR count). The molecule has 15 heavy (non-hydrogen) atoms. The van der Waals surface area contributed by atoms with Gasteiger partial charge in [-0.1, -0.05) is 0 Å². The summed E-state index contributed by atoms with van der Waals surface area (Å²) >= 11 is 0. The van der Waals surface area contributed by atoms with Crippen LogP contribution in [-0.2, 0) is 9.53 Å². The van der Waals surface area contributed by atoms with Gasteiger partial charge in [0.15, 0.2) is 0 Å². The highest BCUT2D eigenvalue weighted by Crippen LogP contribution is 2.16. The molecular weight excluding hydrogens is 194 g/mol. The maximum absolute atomic E-state index is 11.2. The molecular formula is C11H21NO3. The summed E-state index contributed by atoms with van der Waals surface area (Å²) in [6, 6.07) is 0.0313. The minimum atomic E-state index is 0.0313. The van der Waals surface area contributed by atoms with Crippen molar-refractivity contribution in [1.82, 2.24) is 4.90 Å². The van der Waals surface area contributed by atoms with Gasteiger partial charge in [-0.15, -0.1) is 0 Å². The van der Waals surface area contributed by atoms with Crippen molar-refractivity contribution < 1.29 is 14.6 Å². The number of likely N-dealkylation sites (tertiary alicyclic amines) is 1. The molecule has 0 saturated carbocycles. The van der Waals surface area contributed by atoms with Crippen LogP contribution in [-0.4, -0.2) is 54.2 Å². The van der Waals surface area contributed by atoms with E-state index < -0.39 is 0 Å². The van der Waals surface area contributed by atoms with Crippen molar-refractivity contribution in [2.75, 3.05) is 26.3 Å². The second-order valence-electron chi connectivity index (χ2n) is 4.12. The topological polar surface area (TPSA) is 49.8 Å². The van der Waals surface area contributed by atoms with E-state index in [1.54, 1.807) is 6.92 Å². The van der Waals surface area contributed by atoms with E-state index in [2.05, 4.69) is 4.90 Å². The van der Waals surface area contributed by atoms with E-state index in [1.807, 2.05) is 6.92 Å². The summed E-state index contributed by atoms with van der Waals surface area (Å²) in [6.45, 7) is 5.93. The van der Waals surface area contributed by atoms with E-state index in [4.69, 9.17) is 9.84 Å². The number of nitrogens with zero attached hydrogens (tertiary/aromatic N) is 1. The van der Waals surface area contributed by atoms with E-state index in [0.717, 1.165) is 25.9 Å². The van der Waals surface area contributed by atoms with Gasteiger partial charge in [0.1, 0.15) is 5.78 Å². The van der Waals surface area contributed by atoms with Gasteiger partial charge in [0, 0.05) is 13.1 Å². The molecule has 0 spiro atoms. The lowest BCUT2D eigenvalue weighted by Crippen LogP contribution is -2.45. The van der Waals surface area contributed by atoms with Crippen LogP contribution in [0.25, 0.3) is 0 Å². The maximum Gasteiger partial charge on any atom is 0.146 e. The average molecular weight is 215 g/mol. The van der Waals surface area contributed by atoms with E-state index >= 15 is 0 Å². The third kappa shape index (κ3) is 3.89. The van der Waals surface area contributed by atoms with Crippen LogP contribution in [0.3, 0.4) is 0 Å². The molecule has 1 aliphatic heterocycles. The Labute approximate surface area is 91.2 Å². The van der Waals surface area contributed by atoms with Crippen molar-refractivity contribution in [2.24, 2.45) is 0 Å². The molecule has 1 heterocycles. The molecule has 4 heteroatoms. The lowest BCUT2D eigenvalue weighted by Gasteiger charge is -2.34. The van der Waals surface area contributed by atoms with Crippen LogP contribution in [0.5, 0.6) is 0 Å². The Kier molecular flexibility index (Phi) is 5.22. The molecule has 0 bridgehead atoms. The second kappa shape index (κ2) is 6.20. The molecule has 0 aromatic rings. The monoisotopic (exact) mass is 215 g/mol. The predicted molar refractivity (Wildman–Crippen MR) is 57.8 cm³/mol. The standard InChI is InChI=1S/C11H21NO3/c1-9(10(2)14)12-5-3-11(4-6-12)15-8-7-13/h9,11,13H,3-8H2,1-2H3. The van der Waals surface area contributed by atoms with E-state index in [9.17, 15) is 4.79 Å². The smallest absolute Gasteiger partial charge is 0.146 e. The number of rotatable bonds is 5. The summed E-state index contributed by atoms with van der Waals surface area (Å²) in [4.78, 5) is 13.4. The molecule has 0 aromatic carbocycles. The fraction of sp³-hybridized carbons (Fsp3) is 0.909. The van der Waals surface area contributed by atoms with E-state index in [-0.39, 0.29) is 24.5 Å². The highest BCUT2D eigenvalue weighted by molar-refractivity contribution is 5.80. The highest BCUT2D eigenvalue weighted by atomic mass is 16.5. The van der Waals surface area contributed by atoms with Crippen LogP contribution in [0.1, 0.15) is 26.7 Å². The van der Waals surface area contributed by atoms with Gasteiger partial charge in [-0.05, 0) is 26.7 Å². The molecule has 88 valence electrons. The number of carbonyl (C=O) groups is 1. The second-order valence-corrected chi connectivity index (χ2v) is 4.12. The number of aliphatic hydroxyl groups is 1. The SMILES string of the molecule is CC(=O)C(C)N1CCC(OCCO)CC1. The summed E-state index contributed by atoms with van der Waals surface area (Å²) in [5.41, 5.74) is 0. The summed E-state index contributed by atoms with van der Waals surface area (Å²) in [5.74, 6) is 0.227.